The second-order valence-corrected chi connectivity index (χ2v) is 6.67. The van der Waals surface area contributed by atoms with Crippen LogP contribution in [-0.2, 0) is 16.0 Å². The highest BCUT2D eigenvalue weighted by molar-refractivity contribution is 5.97. The lowest BCUT2D eigenvalue weighted by atomic mass is 10.0. The monoisotopic (exact) mass is 395 g/mol. The molecule has 0 saturated carbocycles. The van der Waals surface area contributed by atoms with E-state index in [0.29, 0.717) is 23.1 Å². The molecule has 3 rings (SSSR count). The van der Waals surface area contributed by atoms with Crippen molar-refractivity contribution < 1.29 is 19.5 Å². The number of nitrogens with zero attached hydrogens (tertiary/aromatic N) is 2. The summed E-state index contributed by atoms with van der Waals surface area (Å²) in [4.78, 5) is 43.1. The summed E-state index contributed by atoms with van der Waals surface area (Å²) in [6, 6.07) is 11.3. The van der Waals surface area contributed by atoms with Gasteiger partial charge in [-0.15, -0.1) is 0 Å². The summed E-state index contributed by atoms with van der Waals surface area (Å²) in [6.45, 7) is 1.47. The van der Waals surface area contributed by atoms with Gasteiger partial charge in [-0.25, -0.2) is 9.78 Å². The van der Waals surface area contributed by atoms with E-state index in [1.165, 1.54) is 11.8 Å². The molecule has 0 aliphatic heterocycles. The average molecular weight is 395 g/mol. The van der Waals surface area contributed by atoms with Crippen molar-refractivity contribution >= 4 is 40.2 Å². The quantitative estimate of drug-likeness (QED) is 0.501. The number of imidazole rings is 1. The number of H-pyrrole nitrogens is 1. The predicted molar refractivity (Wildman–Crippen MR) is 109 cm³/mol. The fraction of sp³-hybridized carbons (Fsp3) is 0.200. The maximum absolute atomic E-state index is 12.5. The summed E-state index contributed by atoms with van der Waals surface area (Å²) in [5.41, 5.74) is 9.04. The first-order chi connectivity index (χ1) is 13.7. The average Bonchev–Trinajstić information content (AvgIpc) is 3.11. The van der Waals surface area contributed by atoms with E-state index in [-0.39, 0.29) is 17.6 Å². The highest BCUT2D eigenvalue weighted by Gasteiger charge is 2.16. The molecule has 0 aliphatic carbocycles. The number of aromatic amines is 1. The number of hydrogen-bond acceptors (Lipinski definition) is 5. The molecule has 1 atom stereocenters. The summed E-state index contributed by atoms with van der Waals surface area (Å²) in [7, 11) is 1.68. The fourth-order valence-corrected chi connectivity index (χ4v) is 2.84. The molecular formula is C20H21N5O4. The Balaban J connectivity index is 1.69. The molecule has 0 radical (unpaired) electrons. The van der Waals surface area contributed by atoms with Crippen molar-refractivity contribution in [2.75, 3.05) is 17.3 Å². The van der Waals surface area contributed by atoms with Crippen molar-refractivity contribution in [3.05, 3.63) is 53.9 Å². The minimum absolute atomic E-state index is 0.0935. The number of carboxylic acid groups (broad SMARTS) is 1. The van der Waals surface area contributed by atoms with Crippen LogP contribution in [0.4, 0.5) is 11.4 Å². The number of carbonyl (C=O) groups is 3. The van der Waals surface area contributed by atoms with Crippen LogP contribution >= 0.6 is 0 Å². The Morgan fingerprint density at radius 2 is 2.00 bits per heavy atom. The third-order valence-corrected chi connectivity index (χ3v) is 4.52. The van der Waals surface area contributed by atoms with E-state index in [1.807, 2.05) is 12.1 Å². The van der Waals surface area contributed by atoms with Crippen LogP contribution in [-0.4, -0.2) is 45.9 Å². The first-order valence-corrected chi connectivity index (χ1v) is 8.87. The van der Waals surface area contributed by atoms with Gasteiger partial charge in [0.25, 0.3) is 0 Å². The van der Waals surface area contributed by atoms with Gasteiger partial charge in [-0.3, -0.25) is 9.59 Å². The zero-order valence-corrected chi connectivity index (χ0v) is 16.0. The van der Waals surface area contributed by atoms with Crippen LogP contribution in [0.3, 0.4) is 0 Å². The van der Waals surface area contributed by atoms with Gasteiger partial charge in [0.15, 0.2) is 0 Å². The third kappa shape index (κ3) is 4.58. The number of anilines is 2. The van der Waals surface area contributed by atoms with E-state index in [2.05, 4.69) is 15.3 Å². The van der Waals surface area contributed by atoms with Gasteiger partial charge in [0, 0.05) is 25.3 Å². The Hall–Kier alpha value is -3.72. The lowest BCUT2D eigenvalue weighted by molar-refractivity contribution is -0.117. The molecule has 150 valence electrons. The summed E-state index contributed by atoms with van der Waals surface area (Å²) in [5.74, 6) is -1.81. The molecule has 2 aromatic carbocycles. The van der Waals surface area contributed by atoms with E-state index in [1.54, 1.807) is 37.4 Å². The summed E-state index contributed by atoms with van der Waals surface area (Å²) in [6.07, 6.45) is 0.291. The molecule has 0 bridgehead atoms. The Kier molecular flexibility index (Phi) is 5.60. The summed E-state index contributed by atoms with van der Waals surface area (Å²) in [5, 5.41) is 11.7. The van der Waals surface area contributed by atoms with Crippen LogP contribution < -0.4 is 16.0 Å². The van der Waals surface area contributed by atoms with E-state index in [9.17, 15) is 14.4 Å². The van der Waals surface area contributed by atoms with Crippen molar-refractivity contribution in [3.63, 3.8) is 0 Å². The molecular weight excluding hydrogens is 374 g/mol. The molecule has 3 aromatic rings. The van der Waals surface area contributed by atoms with E-state index < -0.39 is 12.0 Å². The maximum Gasteiger partial charge on any atom is 0.371 e. The number of carbonyl (C=O) groups excluding carboxylic acids is 2. The normalized spacial score (nSPS) is 11.8. The molecule has 5 N–H and O–H groups in total. The van der Waals surface area contributed by atoms with Gasteiger partial charge in [0.05, 0.1) is 17.1 Å². The van der Waals surface area contributed by atoms with Crippen LogP contribution in [0.15, 0.2) is 42.5 Å². The van der Waals surface area contributed by atoms with Crippen LogP contribution in [0.1, 0.15) is 23.1 Å². The highest BCUT2D eigenvalue weighted by atomic mass is 16.4. The first kappa shape index (κ1) is 20.0. The SMILES string of the molecule is CC(=O)N(C)c1cccc(C[C@H](N)C(=O)Nc2ccc3[nH]c(C(=O)O)nc3c2)c1. The second-order valence-electron chi connectivity index (χ2n) is 6.67. The van der Waals surface area contributed by atoms with E-state index in [0.717, 1.165) is 11.3 Å². The Labute approximate surface area is 166 Å². The summed E-state index contributed by atoms with van der Waals surface area (Å²) >= 11 is 0. The maximum atomic E-state index is 12.5. The molecule has 9 nitrogen and oxygen atoms in total. The van der Waals surface area contributed by atoms with E-state index >= 15 is 0 Å². The van der Waals surface area contributed by atoms with Gasteiger partial charge in [-0.05, 0) is 42.3 Å². The number of fused-ring (bicyclic) bond motifs is 1. The molecule has 0 fully saturated rings. The Bertz CT molecular complexity index is 1090. The Morgan fingerprint density at radius 3 is 2.69 bits per heavy atom. The number of benzene rings is 2. The number of aromatic carboxylic acids is 1. The molecule has 0 saturated heterocycles. The third-order valence-electron chi connectivity index (χ3n) is 4.52. The summed E-state index contributed by atoms with van der Waals surface area (Å²) < 4.78 is 0. The first-order valence-electron chi connectivity index (χ1n) is 8.87. The molecule has 0 spiro atoms. The van der Waals surface area contributed by atoms with Crippen LogP contribution in [0, 0.1) is 0 Å². The molecule has 2 amide bonds. The van der Waals surface area contributed by atoms with Crippen molar-refractivity contribution in [2.45, 2.75) is 19.4 Å². The van der Waals surface area contributed by atoms with Gasteiger partial charge in [-0.1, -0.05) is 12.1 Å². The van der Waals surface area contributed by atoms with E-state index in [4.69, 9.17) is 10.8 Å². The molecule has 0 unspecified atom stereocenters. The van der Waals surface area contributed by atoms with Gasteiger partial charge in [-0.2, -0.15) is 0 Å². The van der Waals surface area contributed by atoms with Crippen LogP contribution in [0.25, 0.3) is 11.0 Å². The molecule has 1 aromatic heterocycles. The van der Waals surface area contributed by atoms with Crippen molar-refractivity contribution in [1.82, 2.24) is 9.97 Å². The topological polar surface area (TPSA) is 141 Å². The predicted octanol–water partition coefficient (Wildman–Crippen LogP) is 1.75. The zero-order valence-electron chi connectivity index (χ0n) is 16.0. The largest absolute Gasteiger partial charge is 0.475 e. The number of aromatic nitrogens is 2. The molecule has 29 heavy (non-hydrogen) atoms. The molecule has 1 heterocycles. The van der Waals surface area contributed by atoms with Gasteiger partial charge < -0.3 is 26.0 Å². The van der Waals surface area contributed by atoms with Crippen LogP contribution in [0.5, 0.6) is 0 Å². The lowest BCUT2D eigenvalue weighted by Crippen LogP contribution is -2.37. The zero-order chi connectivity index (χ0) is 21.1. The highest BCUT2D eigenvalue weighted by Crippen LogP contribution is 2.19. The lowest BCUT2D eigenvalue weighted by Gasteiger charge is -2.17. The van der Waals surface area contributed by atoms with Gasteiger partial charge >= 0.3 is 5.97 Å². The number of rotatable bonds is 6. The van der Waals surface area contributed by atoms with Crippen LogP contribution in [0.2, 0.25) is 0 Å². The number of hydrogen-bond donors (Lipinski definition) is 4. The van der Waals surface area contributed by atoms with Crippen molar-refractivity contribution in [1.29, 1.82) is 0 Å². The molecule has 0 aliphatic rings. The number of nitrogens with two attached hydrogens (primary N) is 1. The van der Waals surface area contributed by atoms with Gasteiger partial charge in [0.2, 0.25) is 17.6 Å². The standard InChI is InChI=1S/C20H21N5O4/c1-11(26)25(2)14-5-3-4-12(8-14)9-15(21)19(27)22-13-6-7-16-17(10-13)24-18(23-16)20(28)29/h3-8,10,15H,9,21H2,1-2H3,(H,22,27)(H,23,24)(H,28,29)/t15-/m0/s1. The fourth-order valence-electron chi connectivity index (χ4n) is 2.84. The number of nitrogens with one attached hydrogen (secondary N) is 2. The van der Waals surface area contributed by atoms with Crippen molar-refractivity contribution in [2.24, 2.45) is 5.73 Å². The van der Waals surface area contributed by atoms with Crippen molar-refractivity contribution in [3.8, 4) is 0 Å². The number of carboxylic acids is 1. The smallest absolute Gasteiger partial charge is 0.371 e. The molecule has 9 heteroatoms. The number of amides is 2. The minimum atomic E-state index is -1.16. The minimum Gasteiger partial charge on any atom is -0.475 e. The van der Waals surface area contributed by atoms with Gasteiger partial charge in [0.1, 0.15) is 0 Å². The Morgan fingerprint density at radius 1 is 1.24 bits per heavy atom. The second kappa shape index (κ2) is 8.11.